The first-order valence-electron chi connectivity index (χ1n) is 7.49. The van der Waals surface area contributed by atoms with Crippen LogP contribution in [0.25, 0.3) is 0 Å². The summed E-state index contributed by atoms with van der Waals surface area (Å²) in [6, 6.07) is 13.2. The molecule has 2 atom stereocenters. The zero-order valence-corrected chi connectivity index (χ0v) is 13.7. The normalized spacial score (nSPS) is 13.4. The molecule has 0 bridgehead atoms. The predicted molar refractivity (Wildman–Crippen MR) is 90.7 cm³/mol. The number of nitrogens with one attached hydrogen (secondary N) is 1. The van der Waals surface area contributed by atoms with Crippen molar-refractivity contribution in [3.8, 4) is 0 Å². The summed E-state index contributed by atoms with van der Waals surface area (Å²) < 4.78 is 13.6. The molecule has 0 heterocycles. The van der Waals surface area contributed by atoms with E-state index in [4.69, 9.17) is 17.3 Å². The molecule has 0 radical (unpaired) electrons. The second-order valence-corrected chi connectivity index (χ2v) is 6.04. The molecule has 0 spiro atoms. The Bertz CT molecular complexity index is 660. The molecule has 1 unspecified atom stereocenters. The number of carbonyl (C=O) groups is 1. The second-order valence-electron chi connectivity index (χ2n) is 5.60. The molecule has 2 aromatic rings. The smallest absolute Gasteiger partial charge is 0.222 e. The van der Waals surface area contributed by atoms with E-state index in [-0.39, 0.29) is 24.2 Å². The molecule has 0 aliphatic heterocycles. The van der Waals surface area contributed by atoms with Gasteiger partial charge in [0.25, 0.3) is 0 Å². The number of benzene rings is 2. The first-order chi connectivity index (χ1) is 11.0. The molecule has 23 heavy (non-hydrogen) atoms. The maximum Gasteiger partial charge on any atom is 0.222 e. The van der Waals surface area contributed by atoms with Crippen LogP contribution < -0.4 is 11.1 Å². The number of hydrogen-bond donors (Lipinski definition) is 2. The van der Waals surface area contributed by atoms with Crippen molar-refractivity contribution in [3.05, 3.63) is 70.5 Å². The largest absolute Gasteiger partial charge is 0.350 e. The van der Waals surface area contributed by atoms with Crippen molar-refractivity contribution in [2.75, 3.05) is 0 Å². The lowest BCUT2D eigenvalue weighted by Crippen LogP contribution is -2.34. The van der Waals surface area contributed by atoms with Gasteiger partial charge in [-0.2, -0.15) is 0 Å². The summed E-state index contributed by atoms with van der Waals surface area (Å²) in [4.78, 5) is 12.1. The fourth-order valence-electron chi connectivity index (χ4n) is 2.39. The average Bonchev–Trinajstić information content (AvgIpc) is 2.50. The molecule has 2 rings (SSSR count). The van der Waals surface area contributed by atoms with Crippen LogP contribution in [0.15, 0.2) is 48.5 Å². The Morgan fingerprint density at radius 2 is 1.87 bits per heavy atom. The summed E-state index contributed by atoms with van der Waals surface area (Å²) >= 11 is 5.85. The van der Waals surface area contributed by atoms with Gasteiger partial charge in [0, 0.05) is 17.5 Å². The highest BCUT2D eigenvalue weighted by Crippen LogP contribution is 2.16. The monoisotopic (exact) mass is 334 g/mol. The van der Waals surface area contributed by atoms with Gasteiger partial charge in [-0.15, -0.1) is 0 Å². The van der Waals surface area contributed by atoms with Gasteiger partial charge in [0.1, 0.15) is 5.82 Å². The molecule has 5 heteroatoms. The van der Waals surface area contributed by atoms with Crippen molar-refractivity contribution in [2.45, 2.75) is 31.8 Å². The summed E-state index contributed by atoms with van der Waals surface area (Å²) in [5, 5.41) is 3.54. The minimum absolute atomic E-state index is 0.138. The van der Waals surface area contributed by atoms with Gasteiger partial charge >= 0.3 is 0 Å². The Morgan fingerprint density at radius 3 is 2.52 bits per heavy atom. The summed E-state index contributed by atoms with van der Waals surface area (Å²) in [7, 11) is 0. The number of amides is 1. The van der Waals surface area contributed by atoms with Crippen molar-refractivity contribution in [2.24, 2.45) is 5.73 Å². The third-order valence-corrected chi connectivity index (χ3v) is 3.89. The SMILES string of the molecule is CC(NC(=O)C[C@H](N)Cc1ccccc1F)c1ccc(Cl)cc1. The highest BCUT2D eigenvalue weighted by Gasteiger charge is 2.15. The fourth-order valence-corrected chi connectivity index (χ4v) is 2.52. The maximum atomic E-state index is 13.6. The van der Waals surface area contributed by atoms with Gasteiger partial charge in [-0.25, -0.2) is 4.39 Å². The fraction of sp³-hybridized carbons (Fsp3) is 0.278. The minimum atomic E-state index is -0.427. The van der Waals surface area contributed by atoms with E-state index in [1.807, 2.05) is 19.1 Å². The van der Waals surface area contributed by atoms with Crippen LogP contribution in [0.4, 0.5) is 4.39 Å². The molecule has 1 amide bonds. The molecule has 2 aromatic carbocycles. The number of nitrogens with two attached hydrogens (primary N) is 1. The lowest BCUT2D eigenvalue weighted by Gasteiger charge is -2.17. The maximum absolute atomic E-state index is 13.6. The first-order valence-corrected chi connectivity index (χ1v) is 7.87. The molecule has 3 N–H and O–H groups in total. The minimum Gasteiger partial charge on any atom is -0.350 e. The summed E-state index contributed by atoms with van der Waals surface area (Å²) in [5.41, 5.74) is 7.45. The van der Waals surface area contributed by atoms with Crippen molar-refractivity contribution in [1.82, 2.24) is 5.32 Å². The lowest BCUT2D eigenvalue weighted by atomic mass is 10.0. The van der Waals surface area contributed by atoms with Crippen LogP contribution in [-0.2, 0) is 11.2 Å². The number of rotatable bonds is 6. The molecule has 0 aliphatic rings. The highest BCUT2D eigenvalue weighted by atomic mass is 35.5. The van der Waals surface area contributed by atoms with Crippen molar-refractivity contribution < 1.29 is 9.18 Å². The number of carbonyl (C=O) groups excluding carboxylic acids is 1. The molecular formula is C18H20ClFN2O. The van der Waals surface area contributed by atoms with Gasteiger partial charge in [-0.3, -0.25) is 4.79 Å². The van der Waals surface area contributed by atoms with Crippen LogP contribution in [-0.4, -0.2) is 11.9 Å². The molecule has 0 fully saturated rings. The predicted octanol–water partition coefficient (Wildman–Crippen LogP) is 3.62. The number of halogens is 2. The van der Waals surface area contributed by atoms with E-state index >= 15 is 0 Å². The highest BCUT2D eigenvalue weighted by molar-refractivity contribution is 6.30. The molecule has 122 valence electrons. The standard InChI is InChI=1S/C18H20ClFN2O/c1-12(13-6-8-15(19)9-7-13)22-18(23)11-16(21)10-14-4-2-3-5-17(14)20/h2-9,12,16H,10-11,21H2,1H3,(H,22,23)/t12?,16-/m1/s1. The van der Waals surface area contributed by atoms with Crippen LogP contribution >= 0.6 is 11.6 Å². The Labute approximate surface area is 140 Å². The van der Waals surface area contributed by atoms with Gasteiger partial charge in [0.05, 0.1) is 6.04 Å². The van der Waals surface area contributed by atoms with Gasteiger partial charge < -0.3 is 11.1 Å². The Hall–Kier alpha value is -1.91. The van der Waals surface area contributed by atoms with Crippen molar-refractivity contribution in [1.29, 1.82) is 0 Å². The lowest BCUT2D eigenvalue weighted by molar-refractivity contribution is -0.122. The molecule has 0 saturated carbocycles. The summed E-state index contributed by atoms with van der Waals surface area (Å²) in [6.07, 6.45) is 0.474. The van der Waals surface area contributed by atoms with Crippen LogP contribution in [0.1, 0.15) is 30.5 Å². The van der Waals surface area contributed by atoms with Crippen LogP contribution in [0.2, 0.25) is 5.02 Å². The van der Waals surface area contributed by atoms with Crippen molar-refractivity contribution >= 4 is 17.5 Å². The zero-order chi connectivity index (χ0) is 16.8. The zero-order valence-electron chi connectivity index (χ0n) is 12.9. The van der Waals surface area contributed by atoms with E-state index in [9.17, 15) is 9.18 Å². The Balaban J connectivity index is 1.86. The third-order valence-electron chi connectivity index (χ3n) is 3.64. The van der Waals surface area contributed by atoms with Gasteiger partial charge in [0.15, 0.2) is 0 Å². The van der Waals surface area contributed by atoms with Gasteiger partial charge in [-0.1, -0.05) is 41.9 Å². The van der Waals surface area contributed by atoms with E-state index in [0.717, 1.165) is 5.56 Å². The van der Waals surface area contributed by atoms with Crippen LogP contribution in [0.3, 0.4) is 0 Å². The molecule has 0 aliphatic carbocycles. The first kappa shape index (κ1) is 17.4. The molecular weight excluding hydrogens is 315 g/mol. The van der Waals surface area contributed by atoms with Crippen LogP contribution in [0.5, 0.6) is 0 Å². The molecule has 3 nitrogen and oxygen atoms in total. The average molecular weight is 335 g/mol. The van der Waals surface area contributed by atoms with E-state index in [2.05, 4.69) is 5.32 Å². The van der Waals surface area contributed by atoms with E-state index < -0.39 is 6.04 Å². The van der Waals surface area contributed by atoms with Crippen molar-refractivity contribution in [3.63, 3.8) is 0 Å². The summed E-state index contributed by atoms with van der Waals surface area (Å²) in [5.74, 6) is -0.450. The molecule has 0 saturated heterocycles. The van der Waals surface area contributed by atoms with E-state index in [0.29, 0.717) is 17.0 Å². The third kappa shape index (κ3) is 5.34. The van der Waals surface area contributed by atoms with E-state index in [1.54, 1.807) is 30.3 Å². The summed E-state index contributed by atoms with van der Waals surface area (Å²) in [6.45, 7) is 1.89. The molecule has 0 aromatic heterocycles. The van der Waals surface area contributed by atoms with Gasteiger partial charge in [0.2, 0.25) is 5.91 Å². The van der Waals surface area contributed by atoms with E-state index in [1.165, 1.54) is 6.07 Å². The second kappa shape index (κ2) is 8.09. The quantitative estimate of drug-likeness (QED) is 0.847. The Kier molecular flexibility index (Phi) is 6.13. The number of hydrogen-bond acceptors (Lipinski definition) is 2. The topological polar surface area (TPSA) is 55.1 Å². The van der Waals surface area contributed by atoms with Crippen LogP contribution in [0, 0.1) is 5.82 Å². The van der Waals surface area contributed by atoms with Gasteiger partial charge in [-0.05, 0) is 42.7 Å². The Morgan fingerprint density at radius 1 is 1.22 bits per heavy atom.